The van der Waals surface area contributed by atoms with Crippen LogP contribution in [0.1, 0.15) is 29.8 Å². The summed E-state index contributed by atoms with van der Waals surface area (Å²) in [6.07, 6.45) is -0.714. The van der Waals surface area contributed by atoms with E-state index in [1.54, 1.807) is 63.4 Å². The Bertz CT molecular complexity index is 770. The second-order valence-electron chi connectivity index (χ2n) is 5.68. The minimum atomic E-state index is -0.714. The molecule has 0 aromatic heterocycles. The Morgan fingerprint density at radius 3 is 2.35 bits per heavy atom. The van der Waals surface area contributed by atoms with Crippen molar-refractivity contribution in [3.8, 4) is 11.5 Å². The van der Waals surface area contributed by atoms with E-state index in [4.69, 9.17) is 14.2 Å². The molecule has 0 aliphatic heterocycles. The van der Waals surface area contributed by atoms with Crippen molar-refractivity contribution < 1.29 is 23.8 Å². The van der Waals surface area contributed by atoms with Gasteiger partial charge in [0.2, 0.25) is 0 Å². The van der Waals surface area contributed by atoms with Gasteiger partial charge in [0.1, 0.15) is 11.5 Å². The molecule has 0 aliphatic carbocycles. The number of carbonyl (C=O) groups is 2. The number of methoxy groups -OCH3 is 1. The maximum Gasteiger partial charge on any atom is 0.338 e. The first-order valence-electron chi connectivity index (χ1n) is 8.34. The van der Waals surface area contributed by atoms with Crippen molar-refractivity contribution in [1.82, 2.24) is 0 Å². The molecule has 6 heteroatoms. The third kappa shape index (κ3) is 4.99. The number of rotatable bonds is 7. The monoisotopic (exact) mass is 357 g/mol. The lowest BCUT2D eigenvalue weighted by Gasteiger charge is -2.16. The van der Waals surface area contributed by atoms with Crippen molar-refractivity contribution in [1.29, 1.82) is 0 Å². The maximum absolute atomic E-state index is 12.4. The molecular formula is C20H23NO5. The number of anilines is 1. The van der Waals surface area contributed by atoms with E-state index in [0.29, 0.717) is 29.4 Å². The number of hydrogen-bond donors (Lipinski definition) is 1. The Kier molecular flexibility index (Phi) is 6.60. The molecule has 2 rings (SSSR count). The number of carbonyl (C=O) groups excluding carboxylic acids is 2. The van der Waals surface area contributed by atoms with Gasteiger partial charge in [-0.25, -0.2) is 4.79 Å². The van der Waals surface area contributed by atoms with Crippen LogP contribution in [0.15, 0.2) is 42.5 Å². The van der Waals surface area contributed by atoms with E-state index in [2.05, 4.69) is 5.32 Å². The highest BCUT2D eigenvalue weighted by atomic mass is 16.5. The van der Waals surface area contributed by atoms with Crippen LogP contribution in [0.4, 0.5) is 5.69 Å². The van der Waals surface area contributed by atoms with Gasteiger partial charge in [-0.3, -0.25) is 4.79 Å². The first-order chi connectivity index (χ1) is 12.4. The molecule has 1 atom stereocenters. The zero-order valence-electron chi connectivity index (χ0n) is 15.4. The minimum absolute atomic E-state index is 0.293. The Hall–Kier alpha value is -3.02. The summed E-state index contributed by atoms with van der Waals surface area (Å²) >= 11 is 0. The van der Waals surface area contributed by atoms with Gasteiger partial charge in [0.15, 0.2) is 6.10 Å². The van der Waals surface area contributed by atoms with Crippen LogP contribution in [0.5, 0.6) is 11.5 Å². The van der Waals surface area contributed by atoms with Gasteiger partial charge >= 0.3 is 5.97 Å². The standard InChI is InChI=1S/C20H23NO5/c1-5-25-20(23)15-7-6-13(2)18(12-15)21-19(22)14(3)26-17-10-8-16(24-4)9-11-17/h6-12,14H,5H2,1-4H3,(H,21,22)/t14-/m0/s1. The van der Waals surface area contributed by atoms with Crippen LogP contribution in [-0.2, 0) is 9.53 Å². The summed E-state index contributed by atoms with van der Waals surface area (Å²) in [5, 5.41) is 2.79. The van der Waals surface area contributed by atoms with Gasteiger partial charge < -0.3 is 19.5 Å². The fraction of sp³-hybridized carbons (Fsp3) is 0.300. The number of ether oxygens (including phenoxy) is 3. The molecule has 26 heavy (non-hydrogen) atoms. The van der Waals surface area contributed by atoms with E-state index in [1.807, 2.05) is 6.92 Å². The first-order valence-corrected chi connectivity index (χ1v) is 8.34. The fourth-order valence-corrected chi connectivity index (χ4v) is 2.24. The first kappa shape index (κ1) is 19.3. The number of aryl methyl sites for hydroxylation is 1. The van der Waals surface area contributed by atoms with Crippen molar-refractivity contribution in [3.63, 3.8) is 0 Å². The Labute approximate surface area is 153 Å². The molecule has 0 saturated heterocycles. The Morgan fingerprint density at radius 2 is 1.73 bits per heavy atom. The number of benzene rings is 2. The molecule has 138 valence electrons. The molecule has 1 amide bonds. The summed E-state index contributed by atoms with van der Waals surface area (Å²) in [5.41, 5.74) is 1.77. The second-order valence-corrected chi connectivity index (χ2v) is 5.68. The van der Waals surface area contributed by atoms with Crippen LogP contribution < -0.4 is 14.8 Å². The third-order valence-corrected chi connectivity index (χ3v) is 3.75. The second kappa shape index (κ2) is 8.89. The molecule has 0 bridgehead atoms. The quantitative estimate of drug-likeness (QED) is 0.767. The van der Waals surface area contributed by atoms with E-state index >= 15 is 0 Å². The maximum atomic E-state index is 12.4. The number of hydrogen-bond acceptors (Lipinski definition) is 5. The van der Waals surface area contributed by atoms with Gasteiger partial charge in [-0.2, -0.15) is 0 Å². The van der Waals surface area contributed by atoms with Crippen LogP contribution in [0.25, 0.3) is 0 Å². The van der Waals surface area contributed by atoms with Crippen molar-refractivity contribution >= 4 is 17.6 Å². The van der Waals surface area contributed by atoms with Crippen molar-refractivity contribution in [2.75, 3.05) is 19.0 Å². The summed E-state index contributed by atoms with van der Waals surface area (Å²) in [6, 6.07) is 12.0. The van der Waals surface area contributed by atoms with E-state index in [9.17, 15) is 9.59 Å². The van der Waals surface area contributed by atoms with Crippen molar-refractivity contribution in [2.45, 2.75) is 26.9 Å². The van der Waals surface area contributed by atoms with Gasteiger partial charge in [-0.15, -0.1) is 0 Å². The average Bonchev–Trinajstić information content (AvgIpc) is 2.64. The van der Waals surface area contributed by atoms with E-state index < -0.39 is 12.1 Å². The van der Waals surface area contributed by atoms with Gasteiger partial charge in [0.25, 0.3) is 5.91 Å². The highest BCUT2D eigenvalue weighted by Gasteiger charge is 2.17. The summed E-state index contributed by atoms with van der Waals surface area (Å²) < 4.78 is 15.7. The summed E-state index contributed by atoms with van der Waals surface area (Å²) in [7, 11) is 1.58. The van der Waals surface area contributed by atoms with Crippen LogP contribution in [-0.4, -0.2) is 31.7 Å². The predicted octanol–water partition coefficient (Wildman–Crippen LogP) is 3.59. The van der Waals surface area contributed by atoms with E-state index in [1.165, 1.54) is 0 Å². The molecule has 6 nitrogen and oxygen atoms in total. The third-order valence-electron chi connectivity index (χ3n) is 3.75. The lowest BCUT2D eigenvalue weighted by atomic mass is 10.1. The topological polar surface area (TPSA) is 73.9 Å². The van der Waals surface area contributed by atoms with Gasteiger partial charge in [-0.1, -0.05) is 6.07 Å². The molecule has 0 aliphatic rings. The summed E-state index contributed by atoms with van der Waals surface area (Å²) in [4.78, 5) is 24.3. The molecule has 0 saturated carbocycles. The Balaban J connectivity index is 2.05. The normalized spacial score (nSPS) is 11.4. The molecule has 0 unspecified atom stereocenters. The van der Waals surface area contributed by atoms with Crippen LogP contribution >= 0.6 is 0 Å². The van der Waals surface area contributed by atoms with E-state index in [0.717, 1.165) is 5.56 Å². The van der Waals surface area contributed by atoms with Crippen molar-refractivity contribution in [2.24, 2.45) is 0 Å². The minimum Gasteiger partial charge on any atom is -0.497 e. The largest absolute Gasteiger partial charge is 0.497 e. The lowest BCUT2D eigenvalue weighted by Crippen LogP contribution is -2.30. The summed E-state index contributed by atoms with van der Waals surface area (Å²) in [6.45, 7) is 5.54. The zero-order valence-corrected chi connectivity index (χ0v) is 15.4. The predicted molar refractivity (Wildman–Crippen MR) is 98.8 cm³/mol. The van der Waals surface area contributed by atoms with E-state index in [-0.39, 0.29) is 5.91 Å². The molecular weight excluding hydrogens is 334 g/mol. The molecule has 0 radical (unpaired) electrons. The Morgan fingerprint density at radius 1 is 1.08 bits per heavy atom. The van der Waals surface area contributed by atoms with Crippen molar-refractivity contribution in [3.05, 3.63) is 53.6 Å². The van der Waals surface area contributed by atoms with Crippen LogP contribution in [0.3, 0.4) is 0 Å². The zero-order chi connectivity index (χ0) is 19.1. The summed E-state index contributed by atoms with van der Waals surface area (Å²) in [5.74, 6) is 0.529. The molecule has 0 fully saturated rings. The number of amides is 1. The molecule has 2 aromatic carbocycles. The smallest absolute Gasteiger partial charge is 0.338 e. The number of nitrogens with one attached hydrogen (secondary N) is 1. The average molecular weight is 357 g/mol. The molecule has 0 heterocycles. The highest BCUT2D eigenvalue weighted by Crippen LogP contribution is 2.20. The molecule has 0 spiro atoms. The van der Waals surface area contributed by atoms with Gasteiger partial charge in [0, 0.05) is 5.69 Å². The van der Waals surface area contributed by atoms with Crippen LogP contribution in [0, 0.1) is 6.92 Å². The lowest BCUT2D eigenvalue weighted by molar-refractivity contribution is -0.122. The van der Waals surface area contributed by atoms with Gasteiger partial charge in [-0.05, 0) is 62.7 Å². The van der Waals surface area contributed by atoms with Crippen LogP contribution in [0.2, 0.25) is 0 Å². The highest BCUT2D eigenvalue weighted by molar-refractivity contribution is 5.97. The number of esters is 1. The molecule has 1 N–H and O–H groups in total. The molecule has 2 aromatic rings. The van der Waals surface area contributed by atoms with Gasteiger partial charge in [0.05, 0.1) is 19.3 Å². The fourth-order valence-electron chi connectivity index (χ4n) is 2.24. The SMILES string of the molecule is CCOC(=O)c1ccc(C)c(NC(=O)[C@H](C)Oc2ccc(OC)cc2)c1.